The Kier molecular flexibility index (Phi) is 2.55. The van der Waals surface area contributed by atoms with Gasteiger partial charge < -0.3 is 4.90 Å². The van der Waals surface area contributed by atoms with Crippen LogP contribution in [0.2, 0.25) is 0 Å². The lowest BCUT2D eigenvalue weighted by atomic mass is 10.5. The molecule has 0 saturated carbocycles. The molecule has 0 aliphatic heterocycles. The fourth-order valence-electron chi connectivity index (χ4n) is 1.41. The highest BCUT2D eigenvalue weighted by Gasteiger charge is 2.04. The van der Waals surface area contributed by atoms with Crippen LogP contribution in [0.3, 0.4) is 0 Å². The molecular formula is C10H14N4O. The Morgan fingerprint density at radius 1 is 1.40 bits per heavy atom. The predicted molar refractivity (Wildman–Crippen MR) is 58.0 cm³/mol. The number of rotatable bonds is 3. The molecule has 0 fully saturated rings. The van der Waals surface area contributed by atoms with Gasteiger partial charge >= 0.3 is 5.69 Å². The van der Waals surface area contributed by atoms with Crippen LogP contribution < -0.4 is 5.69 Å². The van der Waals surface area contributed by atoms with E-state index in [1.807, 2.05) is 37.2 Å². The van der Waals surface area contributed by atoms with E-state index in [1.165, 1.54) is 4.68 Å². The van der Waals surface area contributed by atoms with Crippen LogP contribution in [0.4, 0.5) is 0 Å². The topological polar surface area (TPSA) is 42.5 Å². The van der Waals surface area contributed by atoms with Crippen LogP contribution >= 0.6 is 0 Å². The van der Waals surface area contributed by atoms with E-state index in [0.29, 0.717) is 12.2 Å². The average molecular weight is 206 g/mol. The minimum Gasteiger partial charge on any atom is -0.308 e. The Balaban J connectivity index is 2.36. The van der Waals surface area contributed by atoms with Gasteiger partial charge in [-0.05, 0) is 26.2 Å². The molecule has 0 unspecified atom stereocenters. The van der Waals surface area contributed by atoms with E-state index in [9.17, 15) is 4.79 Å². The first-order chi connectivity index (χ1) is 7.18. The third kappa shape index (κ3) is 1.92. The van der Waals surface area contributed by atoms with Crippen molar-refractivity contribution in [3.05, 3.63) is 34.9 Å². The predicted octanol–water partition coefficient (Wildman–Crippen LogP) is 0.0576. The van der Waals surface area contributed by atoms with Gasteiger partial charge in [0.25, 0.3) is 0 Å². The average Bonchev–Trinajstić information content (AvgIpc) is 2.54. The molecular weight excluding hydrogens is 192 g/mol. The third-order valence-corrected chi connectivity index (χ3v) is 2.25. The van der Waals surface area contributed by atoms with Crippen LogP contribution in [0.15, 0.2) is 29.2 Å². The minimum absolute atomic E-state index is 0.0764. The maximum atomic E-state index is 11.8. The van der Waals surface area contributed by atoms with Crippen molar-refractivity contribution in [2.24, 2.45) is 0 Å². The first-order valence-electron chi connectivity index (χ1n) is 4.87. The lowest BCUT2D eigenvalue weighted by Crippen LogP contribution is -2.27. The van der Waals surface area contributed by atoms with E-state index in [4.69, 9.17) is 0 Å². The summed E-state index contributed by atoms with van der Waals surface area (Å²) in [6, 6.07) is 5.53. The van der Waals surface area contributed by atoms with Crippen LogP contribution in [0.1, 0.15) is 0 Å². The summed E-state index contributed by atoms with van der Waals surface area (Å²) in [6.45, 7) is 1.43. The molecule has 5 nitrogen and oxygen atoms in total. The second-order valence-corrected chi connectivity index (χ2v) is 3.74. The Labute approximate surface area is 87.5 Å². The van der Waals surface area contributed by atoms with Gasteiger partial charge in [0, 0.05) is 12.7 Å². The number of likely N-dealkylation sites (N-methyl/N-ethyl adjacent to an activating group) is 1. The highest BCUT2D eigenvalue weighted by molar-refractivity contribution is 5.35. The molecule has 2 heterocycles. The molecule has 0 N–H and O–H groups in total. The molecule has 0 atom stereocenters. The third-order valence-electron chi connectivity index (χ3n) is 2.25. The van der Waals surface area contributed by atoms with E-state index in [1.54, 1.807) is 10.6 Å². The Morgan fingerprint density at radius 2 is 2.20 bits per heavy atom. The van der Waals surface area contributed by atoms with Crippen LogP contribution in [0.25, 0.3) is 5.65 Å². The number of hydrogen-bond donors (Lipinski definition) is 0. The van der Waals surface area contributed by atoms with Crippen LogP contribution in [-0.4, -0.2) is 39.7 Å². The van der Waals surface area contributed by atoms with E-state index < -0.39 is 0 Å². The van der Waals surface area contributed by atoms with Gasteiger partial charge in [-0.15, -0.1) is 5.10 Å². The smallest absolute Gasteiger partial charge is 0.308 e. The molecule has 0 bridgehead atoms. The summed E-state index contributed by atoms with van der Waals surface area (Å²) < 4.78 is 3.05. The van der Waals surface area contributed by atoms with Gasteiger partial charge in [0.15, 0.2) is 5.65 Å². The highest BCUT2D eigenvalue weighted by atomic mass is 16.2. The maximum Gasteiger partial charge on any atom is 0.350 e. The zero-order valence-corrected chi connectivity index (χ0v) is 8.92. The van der Waals surface area contributed by atoms with Crippen molar-refractivity contribution in [1.82, 2.24) is 19.1 Å². The van der Waals surface area contributed by atoms with Crippen molar-refractivity contribution in [2.45, 2.75) is 6.54 Å². The quantitative estimate of drug-likeness (QED) is 0.713. The van der Waals surface area contributed by atoms with Gasteiger partial charge in [-0.3, -0.25) is 4.40 Å². The van der Waals surface area contributed by atoms with Gasteiger partial charge in [-0.25, -0.2) is 9.48 Å². The van der Waals surface area contributed by atoms with Crippen molar-refractivity contribution >= 4 is 5.65 Å². The van der Waals surface area contributed by atoms with E-state index >= 15 is 0 Å². The Bertz CT molecular complexity index is 511. The molecule has 0 aromatic carbocycles. The molecule has 2 aromatic heterocycles. The summed E-state index contributed by atoms with van der Waals surface area (Å²) in [5, 5.41) is 4.22. The van der Waals surface area contributed by atoms with Gasteiger partial charge in [0.05, 0.1) is 6.54 Å². The van der Waals surface area contributed by atoms with Crippen molar-refractivity contribution in [3.8, 4) is 0 Å². The summed E-state index contributed by atoms with van der Waals surface area (Å²) in [7, 11) is 3.95. The number of aromatic nitrogens is 3. The van der Waals surface area contributed by atoms with Gasteiger partial charge in [-0.2, -0.15) is 0 Å². The largest absolute Gasteiger partial charge is 0.350 e. The van der Waals surface area contributed by atoms with Crippen LogP contribution in [0.5, 0.6) is 0 Å². The summed E-state index contributed by atoms with van der Waals surface area (Å²) in [5.41, 5.74) is 0.619. The van der Waals surface area contributed by atoms with Crippen LogP contribution in [-0.2, 0) is 6.54 Å². The summed E-state index contributed by atoms with van der Waals surface area (Å²) >= 11 is 0. The zero-order valence-electron chi connectivity index (χ0n) is 8.92. The van der Waals surface area contributed by atoms with Crippen molar-refractivity contribution in [2.75, 3.05) is 20.6 Å². The monoisotopic (exact) mass is 206 g/mol. The lowest BCUT2D eigenvalue weighted by molar-refractivity contribution is 0.370. The molecule has 0 radical (unpaired) electrons. The fraction of sp³-hybridized carbons (Fsp3) is 0.400. The number of fused-ring (bicyclic) bond motifs is 1. The van der Waals surface area contributed by atoms with E-state index in [2.05, 4.69) is 5.10 Å². The van der Waals surface area contributed by atoms with Crippen molar-refractivity contribution in [1.29, 1.82) is 0 Å². The Morgan fingerprint density at radius 3 is 2.87 bits per heavy atom. The molecule has 0 amide bonds. The van der Waals surface area contributed by atoms with E-state index in [-0.39, 0.29) is 5.69 Å². The normalized spacial score (nSPS) is 11.4. The molecule has 2 rings (SSSR count). The number of pyridine rings is 1. The molecule has 0 aliphatic carbocycles. The highest BCUT2D eigenvalue weighted by Crippen LogP contribution is 1.94. The zero-order chi connectivity index (χ0) is 10.8. The van der Waals surface area contributed by atoms with Gasteiger partial charge in [-0.1, -0.05) is 6.07 Å². The molecule has 80 valence electrons. The van der Waals surface area contributed by atoms with Crippen molar-refractivity contribution < 1.29 is 0 Å². The SMILES string of the molecule is CN(C)CCn1nc2ccccn2c1=O. The fourth-order valence-corrected chi connectivity index (χ4v) is 1.41. The molecule has 0 spiro atoms. The summed E-state index contributed by atoms with van der Waals surface area (Å²) in [6.07, 6.45) is 1.73. The first kappa shape index (κ1) is 9.92. The van der Waals surface area contributed by atoms with Crippen LogP contribution in [0, 0.1) is 0 Å². The first-order valence-corrected chi connectivity index (χ1v) is 4.87. The molecule has 5 heteroatoms. The second-order valence-electron chi connectivity index (χ2n) is 3.74. The van der Waals surface area contributed by atoms with Crippen molar-refractivity contribution in [3.63, 3.8) is 0 Å². The second kappa shape index (κ2) is 3.86. The minimum atomic E-state index is -0.0764. The number of nitrogens with zero attached hydrogens (tertiary/aromatic N) is 4. The maximum absolute atomic E-state index is 11.8. The molecule has 0 aliphatic rings. The molecule has 15 heavy (non-hydrogen) atoms. The molecule has 2 aromatic rings. The van der Waals surface area contributed by atoms with Gasteiger partial charge in [0.1, 0.15) is 0 Å². The lowest BCUT2D eigenvalue weighted by Gasteiger charge is -2.07. The summed E-state index contributed by atoms with van der Waals surface area (Å²) in [5.74, 6) is 0. The van der Waals surface area contributed by atoms with E-state index in [0.717, 1.165) is 6.54 Å². The number of hydrogen-bond acceptors (Lipinski definition) is 3. The molecule has 0 saturated heterocycles. The van der Waals surface area contributed by atoms with Gasteiger partial charge in [0.2, 0.25) is 0 Å². The Hall–Kier alpha value is -1.62. The standard InChI is InChI=1S/C10H14N4O/c1-12(2)7-8-14-10(15)13-6-4-3-5-9(13)11-14/h3-6H,7-8H2,1-2H3. The summed E-state index contributed by atoms with van der Waals surface area (Å²) in [4.78, 5) is 13.8.